The number of aliphatic carboxylic acids is 1. The minimum atomic E-state index is -0.807. The summed E-state index contributed by atoms with van der Waals surface area (Å²) in [6, 6.07) is 3.67. The second kappa shape index (κ2) is 5.14. The van der Waals surface area contributed by atoms with Gasteiger partial charge in [-0.3, -0.25) is 4.79 Å². The minimum Gasteiger partial charge on any atom is -0.481 e. The highest BCUT2D eigenvalue weighted by Crippen LogP contribution is 2.19. The summed E-state index contributed by atoms with van der Waals surface area (Å²) in [7, 11) is 0. The Morgan fingerprint density at radius 3 is 3.12 bits per heavy atom. The third kappa shape index (κ3) is 3.08. The van der Waals surface area contributed by atoms with E-state index in [1.165, 1.54) is 0 Å². The van der Waals surface area contributed by atoms with Gasteiger partial charge in [0.2, 0.25) is 0 Å². The third-order valence-corrected chi connectivity index (χ3v) is 2.44. The summed E-state index contributed by atoms with van der Waals surface area (Å²) >= 11 is 0. The molecule has 0 amide bonds. The van der Waals surface area contributed by atoms with Crippen LogP contribution in [0.25, 0.3) is 0 Å². The first-order valence-electron chi connectivity index (χ1n) is 5.25. The van der Waals surface area contributed by atoms with Gasteiger partial charge < -0.3 is 19.0 Å². The van der Waals surface area contributed by atoms with Gasteiger partial charge in [-0.25, -0.2) is 0 Å². The molecule has 2 unspecified atom stereocenters. The van der Waals surface area contributed by atoms with Crippen molar-refractivity contribution in [1.82, 2.24) is 0 Å². The zero-order valence-corrected chi connectivity index (χ0v) is 8.80. The summed E-state index contributed by atoms with van der Waals surface area (Å²) in [6.45, 7) is 0.457. The summed E-state index contributed by atoms with van der Waals surface area (Å²) < 4.78 is 16.1. The smallest absolute Gasteiger partial charge is 0.303 e. The molecule has 1 fully saturated rings. The normalized spacial score (nSPS) is 24.8. The van der Waals surface area contributed by atoms with Crippen molar-refractivity contribution in [2.45, 2.75) is 31.7 Å². The second-order valence-corrected chi connectivity index (χ2v) is 3.74. The molecule has 1 N–H and O–H groups in total. The SMILES string of the molecule is O=C(O)CCC1COC(Cc2ccco2)O1. The molecular formula is C11H14O5. The van der Waals surface area contributed by atoms with Crippen LogP contribution < -0.4 is 0 Å². The van der Waals surface area contributed by atoms with Crippen LogP contribution in [-0.2, 0) is 20.7 Å². The summed E-state index contributed by atoms with van der Waals surface area (Å²) in [5.74, 6) is 0.00182. The van der Waals surface area contributed by atoms with Crippen molar-refractivity contribution >= 4 is 5.97 Å². The molecule has 0 spiro atoms. The van der Waals surface area contributed by atoms with E-state index in [9.17, 15) is 4.79 Å². The summed E-state index contributed by atoms with van der Waals surface area (Å²) in [6.07, 6.45) is 2.34. The maximum Gasteiger partial charge on any atom is 0.303 e. The fourth-order valence-electron chi connectivity index (χ4n) is 1.64. The molecule has 5 nitrogen and oxygen atoms in total. The summed E-state index contributed by atoms with van der Waals surface area (Å²) in [5.41, 5.74) is 0. The Morgan fingerprint density at radius 1 is 1.56 bits per heavy atom. The van der Waals surface area contributed by atoms with Gasteiger partial charge in [0.25, 0.3) is 0 Å². The van der Waals surface area contributed by atoms with Crippen molar-refractivity contribution in [3.05, 3.63) is 24.2 Å². The van der Waals surface area contributed by atoms with Crippen molar-refractivity contribution < 1.29 is 23.8 Å². The van der Waals surface area contributed by atoms with E-state index in [0.717, 1.165) is 5.76 Å². The van der Waals surface area contributed by atoms with Gasteiger partial charge in [-0.15, -0.1) is 0 Å². The second-order valence-electron chi connectivity index (χ2n) is 3.74. The van der Waals surface area contributed by atoms with Gasteiger partial charge in [0, 0.05) is 6.42 Å². The van der Waals surface area contributed by atoms with Gasteiger partial charge in [0.05, 0.1) is 25.4 Å². The standard InChI is InChI=1S/C11H14O5/c12-10(13)4-3-9-7-15-11(16-9)6-8-2-1-5-14-8/h1-2,5,9,11H,3-4,6-7H2,(H,12,13). The van der Waals surface area contributed by atoms with Crippen LogP contribution in [0.3, 0.4) is 0 Å². The molecule has 1 aromatic heterocycles. The molecule has 2 rings (SSSR count). The maximum absolute atomic E-state index is 10.4. The third-order valence-electron chi connectivity index (χ3n) is 2.44. The number of furan rings is 1. The van der Waals surface area contributed by atoms with Crippen molar-refractivity contribution in [3.8, 4) is 0 Å². The zero-order valence-electron chi connectivity index (χ0n) is 8.80. The van der Waals surface area contributed by atoms with Crippen LogP contribution in [0.15, 0.2) is 22.8 Å². The van der Waals surface area contributed by atoms with E-state index in [0.29, 0.717) is 19.4 Å². The fraction of sp³-hybridized carbons (Fsp3) is 0.545. The Bertz CT molecular complexity index is 332. The van der Waals surface area contributed by atoms with Crippen molar-refractivity contribution in [1.29, 1.82) is 0 Å². The molecule has 1 saturated heterocycles. The average molecular weight is 226 g/mol. The van der Waals surface area contributed by atoms with Crippen LogP contribution in [0.4, 0.5) is 0 Å². The summed E-state index contributed by atoms with van der Waals surface area (Å²) in [5, 5.41) is 8.54. The van der Waals surface area contributed by atoms with E-state index >= 15 is 0 Å². The molecule has 2 atom stereocenters. The minimum absolute atomic E-state index is 0.113. The highest BCUT2D eigenvalue weighted by atomic mass is 16.7. The van der Waals surface area contributed by atoms with Gasteiger partial charge >= 0.3 is 5.97 Å². The zero-order chi connectivity index (χ0) is 11.4. The number of hydrogen-bond donors (Lipinski definition) is 1. The maximum atomic E-state index is 10.4. The van der Waals surface area contributed by atoms with E-state index in [4.69, 9.17) is 19.0 Å². The Hall–Kier alpha value is -1.33. The molecule has 0 bridgehead atoms. The average Bonchev–Trinajstić information content (AvgIpc) is 2.87. The van der Waals surface area contributed by atoms with Crippen LogP contribution in [0.5, 0.6) is 0 Å². The molecule has 5 heteroatoms. The van der Waals surface area contributed by atoms with Crippen LogP contribution in [0.2, 0.25) is 0 Å². The number of hydrogen-bond acceptors (Lipinski definition) is 4. The van der Waals surface area contributed by atoms with Crippen LogP contribution >= 0.6 is 0 Å². The van der Waals surface area contributed by atoms with Crippen LogP contribution in [-0.4, -0.2) is 30.1 Å². The molecular weight excluding hydrogens is 212 g/mol. The van der Waals surface area contributed by atoms with E-state index in [1.54, 1.807) is 6.26 Å². The Balaban J connectivity index is 1.73. The lowest BCUT2D eigenvalue weighted by Crippen LogP contribution is -2.15. The van der Waals surface area contributed by atoms with E-state index in [1.807, 2.05) is 12.1 Å². The van der Waals surface area contributed by atoms with Crippen molar-refractivity contribution in [2.24, 2.45) is 0 Å². The Kier molecular flexibility index (Phi) is 3.58. The Labute approximate surface area is 93.0 Å². The molecule has 0 radical (unpaired) electrons. The first-order valence-corrected chi connectivity index (χ1v) is 5.25. The number of rotatable bonds is 5. The van der Waals surface area contributed by atoms with Gasteiger partial charge in [-0.1, -0.05) is 0 Å². The molecule has 16 heavy (non-hydrogen) atoms. The molecule has 2 heterocycles. The highest BCUT2D eigenvalue weighted by Gasteiger charge is 2.26. The molecule has 88 valence electrons. The highest BCUT2D eigenvalue weighted by molar-refractivity contribution is 5.66. The lowest BCUT2D eigenvalue weighted by atomic mass is 10.2. The molecule has 1 aromatic rings. The number of carbonyl (C=O) groups is 1. The monoisotopic (exact) mass is 226 g/mol. The predicted octanol–water partition coefficient (Wildman–Crippen LogP) is 1.43. The molecule has 1 aliphatic heterocycles. The number of ether oxygens (including phenoxy) is 2. The van der Waals surface area contributed by atoms with E-state index < -0.39 is 5.97 Å². The van der Waals surface area contributed by atoms with Gasteiger partial charge in [-0.05, 0) is 18.6 Å². The van der Waals surface area contributed by atoms with Gasteiger partial charge in [-0.2, -0.15) is 0 Å². The lowest BCUT2D eigenvalue weighted by Gasteiger charge is -2.09. The quantitative estimate of drug-likeness (QED) is 0.822. The predicted molar refractivity (Wildman–Crippen MR) is 53.9 cm³/mol. The molecule has 0 saturated carbocycles. The number of carboxylic acids is 1. The fourth-order valence-corrected chi connectivity index (χ4v) is 1.64. The lowest BCUT2D eigenvalue weighted by molar-refractivity contribution is -0.137. The first-order chi connectivity index (χ1) is 7.74. The van der Waals surface area contributed by atoms with E-state index in [-0.39, 0.29) is 18.8 Å². The van der Waals surface area contributed by atoms with Gasteiger partial charge in [0.1, 0.15) is 5.76 Å². The molecule has 0 aromatic carbocycles. The summed E-state index contributed by atoms with van der Waals surface area (Å²) in [4.78, 5) is 10.4. The van der Waals surface area contributed by atoms with E-state index in [2.05, 4.69) is 0 Å². The largest absolute Gasteiger partial charge is 0.481 e. The first kappa shape index (κ1) is 11.2. The topological polar surface area (TPSA) is 68.9 Å². The number of carboxylic acid groups (broad SMARTS) is 1. The molecule has 1 aliphatic rings. The van der Waals surface area contributed by atoms with Crippen molar-refractivity contribution in [3.63, 3.8) is 0 Å². The van der Waals surface area contributed by atoms with Crippen molar-refractivity contribution in [2.75, 3.05) is 6.61 Å². The van der Waals surface area contributed by atoms with Crippen LogP contribution in [0, 0.1) is 0 Å². The molecule has 0 aliphatic carbocycles. The Morgan fingerprint density at radius 2 is 2.44 bits per heavy atom. The van der Waals surface area contributed by atoms with Crippen LogP contribution in [0.1, 0.15) is 18.6 Å². The van der Waals surface area contributed by atoms with Gasteiger partial charge in [0.15, 0.2) is 6.29 Å².